The van der Waals surface area contributed by atoms with Crippen molar-refractivity contribution in [3.8, 4) is 5.75 Å². The number of halogens is 1. The van der Waals surface area contributed by atoms with Gasteiger partial charge >= 0.3 is 0 Å². The lowest BCUT2D eigenvalue weighted by Gasteiger charge is -2.55. The summed E-state index contributed by atoms with van der Waals surface area (Å²) in [6.07, 6.45) is -1.87. The predicted octanol–water partition coefficient (Wildman–Crippen LogP) is -0.978. The van der Waals surface area contributed by atoms with Crippen molar-refractivity contribution in [2.24, 2.45) is 17.6 Å². The molecule has 6 atom stereocenters. The quantitative estimate of drug-likeness (QED) is 0.249. The first kappa shape index (κ1) is 25.7. The van der Waals surface area contributed by atoms with E-state index >= 15 is 0 Å². The third-order valence-electron chi connectivity index (χ3n) is 7.03. The zero-order valence-corrected chi connectivity index (χ0v) is 19.2. The molecule has 0 aromatic heterocycles. The van der Waals surface area contributed by atoms with Crippen LogP contribution in [0.4, 0.5) is 0 Å². The average Bonchev–Trinajstić information content (AvgIpc) is 2.70. The smallest absolute Gasteiger partial charge is 0.255 e. The van der Waals surface area contributed by atoms with Crippen LogP contribution in [0.5, 0.6) is 5.75 Å². The van der Waals surface area contributed by atoms with Gasteiger partial charge in [-0.25, -0.2) is 0 Å². The van der Waals surface area contributed by atoms with Gasteiger partial charge in [-0.1, -0.05) is 12.1 Å². The lowest BCUT2D eigenvalue weighted by molar-refractivity contribution is -0.181. The molecule has 0 radical (unpaired) electrons. The third kappa shape index (κ3) is 2.88. The third-order valence-corrected chi connectivity index (χ3v) is 7.03. The molecule has 1 aromatic rings. The van der Waals surface area contributed by atoms with Crippen LogP contribution in [0.3, 0.4) is 0 Å². The average molecular weight is 497 g/mol. The van der Waals surface area contributed by atoms with Crippen LogP contribution >= 0.6 is 12.4 Å². The number of aliphatic hydroxyl groups excluding tert-OH is 3. The summed E-state index contributed by atoms with van der Waals surface area (Å²) < 4.78 is 0. The number of benzene rings is 1. The Balaban J connectivity index is 0.00000324. The van der Waals surface area contributed by atoms with Crippen LogP contribution in [0.15, 0.2) is 35.1 Å². The van der Waals surface area contributed by atoms with Gasteiger partial charge in [-0.2, -0.15) is 0 Å². The number of primary amides is 1. The Bertz CT molecular complexity index is 1190. The molecular weight excluding hydrogens is 472 g/mol. The zero-order chi connectivity index (χ0) is 24.8. The number of phenols is 1. The van der Waals surface area contributed by atoms with Gasteiger partial charge in [-0.05, 0) is 32.6 Å². The topological polar surface area (TPSA) is 202 Å². The molecule has 3 aliphatic rings. The standard InChI is InChI=1S/C22H24N2O9.ClH/c1-21(32)7-5-4-6-8(25)9(7)15(26)10-12(21)17(28)13-14(24(2)3)16(27)11(20(23)31)19(30)22(13,33)18(10)29;/h4-6,12-14,17,25-26,28,30,32-33H,1-3H3,(H2,23,31);1H/t12?,13?,14-,17-,21+,22-;/m0./s1. The SMILES string of the molecule is CN(C)[C@@H]1C(=O)C(C(N)=O)=C(O)[C@@]2(O)C(=O)C3=C(O)c4c(O)cccc4[C@@](C)(O)C3[C@H](O)C12.Cl. The first-order chi connectivity index (χ1) is 15.2. The number of hydrogen-bond acceptors (Lipinski definition) is 10. The van der Waals surface area contributed by atoms with E-state index in [4.69, 9.17) is 5.73 Å². The fourth-order valence-corrected chi connectivity index (χ4v) is 5.60. The van der Waals surface area contributed by atoms with Crippen molar-refractivity contribution in [1.82, 2.24) is 4.90 Å². The summed E-state index contributed by atoms with van der Waals surface area (Å²) in [4.78, 5) is 39.9. The van der Waals surface area contributed by atoms with Crippen molar-refractivity contribution in [1.29, 1.82) is 0 Å². The summed E-state index contributed by atoms with van der Waals surface area (Å²) in [5, 5.41) is 66.3. The molecule has 1 aromatic carbocycles. The highest BCUT2D eigenvalue weighted by Gasteiger charge is 2.70. The molecule has 0 spiro atoms. The van der Waals surface area contributed by atoms with Crippen LogP contribution in [-0.2, 0) is 20.0 Å². The van der Waals surface area contributed by atoms with Crippen molar-refractivity contribution in [2.75, 3.05) is 14.1 Å². The highest BCUT2D eigenvalue weighted by atomic mass is 35.5. The van der Waals surface area contributed by atoms with Gasteiger partial charge in [-0.3, -0.25) is 19.3 Å². The lowest BCUT2D eigenvalue weighted by Crippen LogP contribution is -2.71. The maximum Gasteiger partial charge on any atom is 0.255 e. The highest BCUT2D eigenvalue weighted by Crippen LogP contribution is 2.57. The Hall–Kier alpha value is -2.96. The van der Waals surface area contributed by atoms with Gasteiger partial charge in [-0.15, -0.1) is 12.4 Å². The molecule has 0 bridgehead atoms. The van der Waals surface area contributed by atoms with Gasteiger partial charge in [0.15, 0.2) is 11.4 Å². The van der Waals surface area contributed by atoms with Gasteiger partial charge in [0.25, 0.3) is 5.91 Å². The number of aromatic hydroxyl groups is 1. The Labute approximate surface area is 199 Å². The zero-order valence-electron chi connectivity index (χ0n) is 18.4. The number of hydrogen-bond donors (Lipinski definition) is 7. The molecule has 34 heavy (non-hydrogen) atoms. The highest BCUT2D eigenvalue weighted by molar-refractivity contribution is 6.24. The van der Waals surface area contributed by atoms with Crippen LogP contribution in [-0.4, -0.2) is 84.9 Å². The van der Waals surface area contributed by atoms with Crippen molar-refractivity contribution in [2.45, 2.75) is 30.3 Å². The van der Waals surface area contributed by atoms with Crippen LogP contribution in [0.1, 0.15) is 18.1 Å². The minimum atomic E-state index is -3.02. The fourth-order valence-electron chi connectivity index (χ4n) is 5.60. The number of carbonyl (C=O) groups is 3. The van der Waals surface area contributed by atoms with Gasteiger partial charge < -0.3 is 36.4 Å². The molecule has 8 N–H and O–H groups in total. The largest absolute Gasteiger partial charge is 0.508 e. The molecular formula is C22H25ClN2O9. The molecule has 0 aliphatic heterocycles. The van der Waals surface area contributed by atoms with Crippen molar-refractivity contribution in [3.63, 3.8) is 0 Å². The van der Waals surface area contributed by atoms with E-state index in [1.54, 1.807) is 0 Å². The molecule has 1 amide bonds. The second-order valence-electron chi connectivity index (χ2n) is 9.06. The Morgan fingerprint density at radius 2 is 1.71 bits per heavy atom. The predicted molar refractivity (Wildman–Crippen MR) is 119 cm³/mol. The van der Waals surface area contributed by atoms with Gasteiger partial charge in [0.05, 0.1) is 40.7 Å². The number of fused-ring (bicyclic) bond motifs is 3. The van der Waals surface area contributed by atoms with E-state index in [1.165, 1.54) is 44.1 Å². The summed E-state index contributed by atoms with van der Waals surface area (Å²) in [5.74, 6) is -9.67. The maximum absolute atomic E-state index is 13.7. The number of ketones is 2. The van der Waals surface area contributed by atoms with Crippen molar-refractivity contribution >= 4 is 35.6 Å². The van der Waals surface area contributed by atoms with Gasteiger partial charge in [0.2, 0.25) is 5.78 Å². The van der Waals surface area contributed by atoms with E-state index in [0.29, 0.717) is 0 Å². The first-order valence-electron chi connectivity index (χ1n) is 10.1. The number of nitrogens with two attached hydrogens (primary N) is 1. The van der Waals surface area contributed by atoms with Crippen LogP contribution in [0, 0.1) is 11.8 Å². The number of aliphatic hydroxyl groups is 5. The van der Waals surface area contributed by atoms with Crippen LogP contribution in [0.2, 0.25) is 0 Å². The van der Waals surface area contributed by atoms with E-state index < -0.39 is 81.1 Å². The molecule has 2 unspecified atom stereocenters. The minimum Gasteiger partial charge on any atom is -0.508 e. The number of rotatable bonds is 2. The Kier molecular flexibility index (Phi) is 5.88. The summed E-state index contributed by atoms with van der Waals surface area (Å²) in [7, 11) is 2.80. The van der Waals surface area contributed by atoms with E-state index in [2.05, 4.69) is 0 Å². The first-order valence-corrected chi connectivity index (χ1v) is 10.1. The number of carbonyl (C=O) groups excluding carboxylic acids is 3. The summed E-state index contributed by atoms with van der Waals surface area (Å²) in [6, 6.07) is 2.50. The maximum atomic E-state index is 13.7. The summed E-state index contributed by atoms with van der Waals surface area (Å²) >= 11 is 0. The lowest BCUT2D eigenvalue weighted by atomic mass is 9.53. The number of amides is 1. The molecule has 4 rings (SSSR count). The Morgan fingerprint density at radius 1 is 1.12 bits per heavy atom. The van der Waals surface area contributed by atoms with Crippen LogP contribution in [0.25, 0.3) is 5.76 Å². The summed E-state index contributed by atoms with van der Waals surface area (Å²) in [6.45, 7) is 1.25. The van der Waals surface area contributed by atoms with E-state index in [9.17, 15) is 45.0 Å². The van der Waals surface area contributed by atoms with Gasteiger partial charge in [0, 0.05) is 0 Å². The number of Topliss-reactive ketones (excluding diaryl/α,β-unsaturated/α-hetero) is 2. The second-order valence-corrected chi connectivity index (χ2v) is 9.06. The Morgan fingerprint density at radius 3 is 2.24 bits per heavy atom. The minimum absolute atomic E-state index is 0. The number of nitrogens with zero attached hydrogens (tertiary/aromatic N) is 1. The molecule has 0 heterocycles. The molecule has 11 nitrogen and oxygen atoms in total. The van der Waals surface area contributed by atoms with Crippen LogP contribution < -0.4 is 5.73 Å². The summed E-state index contributed by atoms with van der Waals surface area (Å²) in [5.41, 5.74) is -1.78. The molecule has 12 heteroatoms. The van der Waals surface area contributed by atoms with E-state index in [-0.39, 0.29) is 23.5 Å². The van der Waals surface area contributed by atoms with Crippen molar-refractivity contribution in [3.05, 3.63) is 46.2 Å². The number of likely N-dealkylation sites (N-methyl/N-ethyl adjacent to an activating group) is 1. The second kappa shape index (κ2) is 7.79. The monoisotopic (exact) mass is 496 g/mol. The van der Waals surface area contributed by atoms with E-state index in [0.717, 1.165) is 0 Å². The number of phenolic OH excluding ortho intramolecular Hbond substituents is 1. The molecule has 1 saturated carbocycles. The molecule has 1 fully saturated rings. The molecule has 3 aliphatic carbocycles. The fraction of sp³-hybridized carbons (Fsp3) is 0.409. The molecule has 184 valence electrons. The van der Waals surface area contributed by atoms with Crippen molar-refractivity contribution < 1.29 is 45.0 Å². The van der Waals surface area contributed by atoms with E-state index in [1.807, 2.05) is 0 Å². The normalized spacial score (nSPS) is 34.9. The molecule has 0 saturated heterocycles. The van der Waals surface area contributed by atoms with Gasteiger partial charge in [0.1, 0.15) is 22.8 Å².